The third kappa shape index (κ3) is 4.58. The van der Waals surface area contributed by atoms with E-state index in [1.165, 1.54) is 52.8 Å². The molecule has 0 bridgehead atoms. The second-order valence-electron chi connectivity index (χ2n) is 13.6. The Kier molecular flexibility index (Phi) is 6.76. The van der Waals surface area contributed by atoms with E-state index in [1.807, 2.05) is 17.4 Å². The number of nitrogens with zero attached hydrogens (tertiary/aromatic N) is 1. The number of hydrogen-bond acceptors (Lipinski definition) is 3. The largest absolute Gasteiger partial charge is 0.454 e. The molecule has 0 fully saturated rings. The van der Waals surface area contributed by atoms with Gasteiger partial charge in [0.05, 0.1) is 17.1 Å². The van der Waals surface area contributed by atoms with Crippen LogP contribution in [0.1, 0.15) is 0 Å². The Hall–Kier alpha value is -6.68. The first-order chi connectivity index (χ1) is 26.3. The summed E-state index contributed by atoms with van der Waals surface area (Å²) in [5.74, 6) is 0. The summed E-state index contributed by atoms with van der Waals surface area (Å²) in [5, 5.41) is 9.61. The molecule has 248 valence electrons. The Bertz CT molecular complexity index is 3190. The number of furan rings is 1. The van der Waals surface area contributed by atoms with Crippen molar-refractivity contribution < 1.29 is 4.42 Å². The Morgan fingerprint density at radius 1 is 0.377 bits per heavy atom. The van der Waals surface area contributed by atoms with Crippen molar-refractivity contribution in [3.05, 3.63) is 188 Å². The van der Waals surface area contributed by atoms with E-state index in [0.29, 0.717) is 0 Å². The molecular weight excluding hydrogens is 663 g/mol. The molecule has 2 heterocycles. The summed E-state index contributed by atoms with van der Waals surface area (Å²) in [6.07, 6.45) is 0. The molecule has 11 rings (SSSR count). The number of hydrogen-bond donors (Lipinski definition) is 0. The molecular formula is C50H31NOS. The van der Waals surface area contributed by atoms with E-state index in [1.54, 1.807) is 0 Å². The molecule has 2 aromatic heterocycles. The fourth-order valence-corrected chi connectivity index (χ4v) is 9.62. The zero-order valence-corrected chi connectivity index (χ0v) is 29.5. The number of anilines is 3. The summed E-state index contributed by atoms with van der Waals surface area (Å²) in [6.45, 7) is 0. The number of rotatable bonds is 5. The summed E-state index contributed by atoms with van der Waals surface area (Å²) in [5.41, 5.74) is 9.66. The third-order valence-corrected chi connectivity index (χ3v) is 11.9. The molecule has 9 aromatic carbocycles. The van der Waals surface area contributed by atoms with E-state index in [4.69, 9.17) is 4.42 Å². The summed E-state index contributed by atoms with van der Waals surface area (Å²) in [7, 11) is 0. The van der Waals surface area contributed by atoms with Crippen LogP contribution in [0.3, 0.4) is 0 Å². The van der Waals surface area contributed by atoms with Gasteiger partial charge < -0.3 is 9.32 Å². The van der Waals surface area contributed by atoms with Gasteiger partial charge in [-0.1, -0.05) is 164 Å². The van der Waals surface area contributed by atoms with Crippen LogP contribution in [0.4, 0.5) is 17.1 Å². The Morgan fingerprint density at radius 2 is 0.943 bits per heavy atom. The van der Waals surface area contributed by atoms with E-state index in [0.717, 1.165) is 50.1 Å². The summed E-state index contributed by atoms with van der Waals surface area (Å²) >= 11 is 1.87. The first-order valence-electron chi connectivity index (χ1n) is 18.0. The van der Waals surface area contributed by atoms with Crippen molar-refractivity contribution in [1.82, 2.24) is 0 Å². The lowest BCUT2D eigenvalue weighted by atomic mass is 9.89. The van der Waals surface area contributed by atoms with Crippen molar-refractivity contribution in [2.24, 2.45) is 0 Å². The van der Waals surface area contributed by atoms with Gasteiger partial charge in [-0.15, -0.1) is 11.3 Å². The Balaban J connectivity index is 1.33. The van der Waals surface area contributed by atoms with Gasteiger partial charge in [-0.3, -0.25) is 0 Å². The van der Waals surface area contributed by atoms with Crippen LogP contribution in [0.15, 0.2) is 192 Å². The summed E-state index contributed by atoms with van der Waals surface area (Å²) in [6, 6.07) is 67.9. The molecule has 0 N–H and O–H groups in total. The predicted molar refractivity (Wildman–Crippen MR) is 227 cm³/mol. The van der Waals surface area contributed by atoms with Gasteiger partial charge in [0.1, 0.15) is 5.58 Å². The zero-order valence-electron chi connectivity index (χ0n) is 28.7. The SMILES string of the molecule is c1ccc(-c2c(N(c3ccccc3-c3cccc4c3sc3ccccc34)c3cccc4c3oc3ccccc34)c3ccccc3c3ccccc23)cc1. The highest BCUT2D eigenvalue weighted by molar-refractivity contribution is 7.26. The number of thiophene rings is 1. The van der Waals surface area contributed by atoms with Gasteiger partial charge in [0.25, 0.3) is 0 Å². The molecule has 53 heavy (non-hydrogen) atoms. The molecule has 0 aliphatic carbocycles. The van der Waals surface area contributed by atoms with Crippen molar-refractivity contribution in [1.29, 1.82) is 0 Å². The van der Waals surface area contributed by atoms with Gasteiger partial charge in [-0.05, 0) is 46.0 Å². The highest BCUT2D eigenvalue weighted by Crippen LogP contribution is 2.53. The maximum absolute atomic E-state index is 6.87. The van der Waals surface area contributed by atoms with Crippen LogP contribution in [0.5, 0.6) is 0 Å². The molecule has 0 amide bonds. The molecule has 0 aliphatic rings. The average molecular weight is 694 g/mol. The second-order valence-corrected chi connectivity index (χ2v) is 14.6. The van der Waals surface area contributed by atoms with E-state index in [-0.39, 0.29) is 0 Å². The van der Waals surface area contributed by atoms with Gasteiger partial charge in [-0.2, -0.15) is 0 Å². The van der Waals surface area contributed by atoms with Crippen LogP contribution in [0, 0.1) is 0 Å². The molecule has 0 radical (unpaired) electrons. The second kappa shape index (κ2) is 11.9. The van der Waals surface area contributed by atoms with E-state index in [9.17, 15) is 0 Å². The third-order valence-electron chi connectivity index (χ3n) is 10.7. The lowest BCUT2D eigenvalue weighted by Crippen LogP contribution is -2.14. The maximum atomic E-state index is 6.87. The minimum atomic E-state index is 0.861. The van der Waals surface area contributed by atoms with Crippen LogP contribution in [0.25, 0.3) is 85.9 Å². The molecule has 0 aliphatic heterocycles. The lowest BCUT2D eigenvalue weighted by Gasteiger charge is -2.32. The van der Waals surface area contributed by atoms with E-state index >= 15 is 0 Å². The summed E-state index contributed by atoms with van der Waals surface area (Å²) < 4.78 is 9.45. The minimum absolute atomic E-state index is 0.861. The average Bonchev–Trinajstić information content (AvgIpc) is 3.81. The molecule has 2 nitrogen and oxygen atoms in total. The Morgan fingerprint density at radius 3 is 1.79 bits per heavy atom. The number of benzene rings is 9. The normalized spacial score (nSPS) is 11.8. The fraction of sp³-hybridized carbons (Fsp3) is 0. The van der Waals surface area contributed by atoms with Crippen LogP contribution >= 0.6 is 11.3 Å². The molecule has 0 saturated heterocycles. The highest BCUT2D eigenvalue weighted by Gasteiger charge is 2.28. The van der Waals surface area contributed by atoms with Crippen molar-refractivity contribution in [2.75, 3.05) is 4.90 Å². The maximum Gasteiger partial charge on any atom is 0.159 e. The topological polar surface area (TPSA) is 16.4 Å². The minimum Gasteiger partial charge on any atom is -0.454 e. The van der Waals surface area contributed by atoms with Crippen molar-refractivity contribution in [3.63, 3.8) is 0 Å². The van der Waals surface area contributed by atoms with Gasteiger partial charge in [0, 0.05) is 53.0 Å². The predicted octanol–water partition coefficient (Wildman–Crippen LogP) is 15.1. The quantitative estimate of drug-likeness (QED) is 0.167. The zero-order chi connectivity index (χ0) is 34.9. The molecule has 0 spiro atoms. The first-order valence-corrected chi connectivity index (χ1v) is 18.8. The first kappa shape index (κ1) is 30.0. The Labute approximate surface area is 310 Å². The highest BCUT2D eigenvalue weighted by atomic mass is 32.1. The van der Waals surface area contributed by atoms with Crippen molar-refractivity contribution >= 4 is 92.1 Å². The van der Waals surface area contributed by atoms with Crippen LogP contribution in [-0.4, -0.2) is 0 Å². The van der Waals surface area contributed by atoms with E-state index in [2.05, 4.69) is 187 Å². The van der Waals surface area contributed by atoms with E-state index < -0.39 is 0 Å². The number of para-hydroxylation sites is 3. The van der Waals surface area contributed by atoms with Crippen molar-refractivity contribution in [2.45, 2.75) is 0 Å². The fourth-order valence-electron chi connectivity index (χ4n) is 8.39. The molecule has 0 unspecified atom stereocenters. The summed E-state index contributed by atoms with van der Waals surface area (Å²) in [4.78, 5) is 2.49. The van der Waals surface area contributed by atoms with Crippen LogP contribution in [-0.2, 0) is 0 Å². The standard InChI is InChI=1S/C50H31NOS/c1-2-16-32(17-3-1)47-38-23-6-4-18-33(38)34-19-5-7-24-39(34)48(47)51(44-29-15-25-40-36-21-9-12-30-45(36)52-49(40)44)43-28-11-8-20-35(43)41-26-14-27-42-37-22-10-13-31-46(37)53-50(41)42/h1-31H. The molecule has 3 heteroatoms. The number of fused-ring (bicyclic) bond motifs is 9. The molecule has 0 saturated carbocycles. The monoisotopic (exact) mass is 693 g/mol. The van der Waals surface area contributed by atoms with Crippen molar-refractivity contribution in [3.8, 4) is 22.3 Å². The molecule has 11 aromatic rings. The van der Waals surface area contributed by atoms with Gasteiger partial charge in [0.15, 0.2) is 5.58 Å². The van der Waals surface area contributed by atoms with Gasteiger partial charge in [-0.25, -0.2) is 0 Å². The van der Waals surface area contributed by atoms with Gasteiger partial charge in [0.2, 0.25) is 0 Å². The van der Waals surface area contributed by atoms with Crippen LogP contribution in [0.2, 0.25) is 0 Å². The smallest absolute Gasteiger partial charge is 0.159 e. The van der Waals surface area contributed by atoms with Crippen LogP contribution < -0.4 is 4.90 Å². The lowest BCUT2D eigenvalue weighted by molar-refractivity contribution is 0.669. The van der Waals surface area contributed by atoms with Gasteiger partial charge >= 0.3 is 0 Å². The molecule has 0 atom stereocenters.